The SMILES string of the molecule is C1CCCCC(CNNC2CCCCCCCCCC2)CCCC1. The molecular formula is C22H44N2. The zero-order chi connectivity index (χ0) is 16.7. The van der Waals surface area contributed by atoms with Crippen molar-refractivity contribution in [2.45, 2.75) is 128 Å². The summed E-state index contributed by atoms with van der Waals surface area (Å²) in [5.74, 6) is 0.901. The predicted molar refractivity (Wildman–Crippen MR) is 106 cm³/mol. The van der Waals surface area contributed by atoms with Gasteiger partial charge in [-0.25, -0.2) is 0 Å². The Morgan fingerprint density at radius 1 is 0.458 bits per heavy atom. The fraction of sp³-hybridized carbons (Fsp3) is 1.00. The molecule has 0 bridgehead atoms. The molecule has 2 fully saturated rings. The highest BCUT2D eigenvalue weighted by molar-refractivity contribution is 4.69. The summed E-state index contributed by atoms with van der Waals surface area (Å²) in [4.78, 5) is 0. The molecule has 0 saturated heterocycles. The van der Waals surface area contributed by atoms with Crippen molar-refractivity contribution in [3.63, 3.8) is 0 Å². The van der Waals surface area contributed by atoms with Gasteiger partial charge in [-0.3, -0.25) is 10.9 Å². The van der Waals surface area contributed by atoms with Crippen molar-refractivity contribution in [2.75, 3.05) is 6.54 Å². The standard InChI is InChI=1S/C22H44N2/c1-2-7-11-15-19-22(18-14-10-6-1)24-23-20-21-16-12-8-4-3-5-9-13-17-21/h21-24H,1-20H2. The van der Waals surface area contributed by atoms with E-state index in [1.807, 2.05) is 0 Å². The summed E-state index contributed by atoms with van der Waals surface area (Å²) in [7, 11) is 0. The van der Waals surface area contributed by atoms with Gasteiger partial charge in [-0.05, 0) is 31.6 Å². The lowest BCUT2D eigenvalue weighted by Gasteiger charge is -2.23. The summed E-state index contributed by atoms with van der Waals surface area (Å²) in [6, 6.07) is 0.711. The van der Waals surface area contributed by atoms with Gasteiger partial charge in [-0.2, -0.15) is 0 Å². The third kappa shape index (κ3) is 10.0. The number of rotatable bonds is 4. The van der Waals surface area contributed by atoms with E-state index in [2.05, 4.69) is 10.9 Å². The largest absolute Gasteiger partial charge is 0.257 e. The molecule has 0 aromatic heterocycles. The van der Waals surface area contributed by atoms with Crippen LogP contribution in [0.5, 0.6) is 0 Å². The molecule has 24 heavy (non-hydrogen) atoms. The zero-order valence-electron chi connectivity index (χ0n) is 16.3. The minimum Gasteiger partial charge on any atom is -0.257 e. The highest BCUT2D eigenvalue weighted by Crippen LogP contribution is 2.21. The molecule has 2 saturated carbocycles. The van der Waals surface area contributed by atoms with E-state index in [0.717, 1.165) is 5.92 Å². The van der Waals surface area contributed by atoms with Crippen LogP contribution < -0.4 is 10.9 Å². The fourth-order valence-corrected chi connectivity index (χ4v) is 4.58. The molecule has 0 aromatic rings. The Labute approximate surface area is 151 Å². The minimum absolute atomic E-state index is 0.711. The van der Waals surface area contributed by atoms with E-state index in [9.17, 15) is 0 Å². The summed E-state index contributed by atoms with van der Waals surface area (Å²) < 4.78 is 0. The second-order valence-electron chi connectivity index (χ2n) is 8.55. The van der Waals surface area contributed by atoms with E-state index in [1.165, 1.54) is 129 Å². The molecule has 2 heteroatoms. The van der Waals surface area contributed by atoms with Crippen LogP contribution in [0.3, 0.4) is 0 Å². The zero-order valence-corrected chi connectivity index (χ0v) is 16.3. The van der Waals surface area contributed by atoms with Crippen LogP contribution in [0, 0.1) is 5.92 Å². The van der Waals surface area contributed by atoms with E-state index in [4.69, 9.17) is 0 Å². The van der Waals surface area contributed by atoms with Gasteiger partial charge in [0.2, 0.25) is 0 Å². The summed E-state index contributed by atoms with van der Waals surface area (Å²) in [6.07, 6.45) is 27.5. The van der Waals surface area contributed by atoms with Crippen molar-refractivity contribution >= 4 is 0 Å². The van der Waals surface area contributed by atoms with Gasteiger partial charge in [0.15, 0.2) is 0 Å². The maximum absolute atomic E-state index is 3.72. The van der Waals surface area contributed by atoms with Crippen LogP contribution in [0.1, 0.15) is 122 Å². The quantitative estimate of drug-likeness (QED) is 0.572. The van der Waals surface area contributed by atoms with Gasteiger partial charge in [0.1, 0.15) is 0 Å². The molecule has 2 rings (SSSR count). The third-order valence-corrected chi connectivity index (χ3v) is 6.28. The fourth-order valence-electron chi connectivity index (χ4n) is 4.58. The molecule has 2 nitrogen and oxygen atoms in total. The highest BCUT2D eigenvalue weighted by Gasteiger charge is 2.12. The molecule has 0 atom stereocenters. The van der Waals surface area contributed by atoms with E-state index in [-0.39, 0.29) is 0 Å². The molecule has 0 heterocycles. The Hall–Kier alpha value is -0.0800. The van der Waals surface area contributed by atoms with Gasteiger partial charge < -0.3 is 0 Å². The first-order valence-electron chi connectivity index (χ1n) is 11.4. The van der Waals surface area contributed by atoms with Crippen LogP contribution in [0.15, 0.2) is 0 Å². The number of nitrogens with one attached hydrogen (secondary N) is 2. The number of hydrazine groups is 1. The van der Waals surface area contributed by atoms with Crippen molar-refractivity contribution in [1.82, 2.24) is 10.9 Å². The second-order valence-corrected chi connectivity index (χ2v) is 8.55. The Morgan fingerprint density at radius 2 is 0.833 bits per heavy atom. The Kier molecular flexibility index (Phi) is 11.9. The molecule has 0 aromatic carbocycles. The van der Waals surface area contributed by atoms with Gasteiger partial charge in [-0.15, -0.1) is 0 Å². The maximum atomic E-state index is 3.72. The molecule has 2 aliphatic carbocycles. The number of hydrogen-bond donors (Lipinski definition) is 2. The molecule has 0 unspecified atom stereocenters. The van der Waals surface area contributed by atoms with Crippen molar-refractivity contribution in [1.29, 1.82) is 0 Å². The topological polar surface area (TPSA) is 24.1 Å². The highest BCUT2D eigenvalue weighted by atomic mass is 15.4. The molecule has 0 spiro atoms. The van der Waals surface area contributed by atoms with E-state index >= 15 is 0 Å². The van der Waals surface area contributed by atoms with E-state index in [1.54, 1.807) is 0 Å². The average Bonchev–Trinajstić information content (AvgIpc) is 2.66. The minimum atomic E-state index is 0.711. The Bertz CT molecular complexity index is 257. The van der Waals surface area contributed by atoms with Crippen LogP contribution in [-0.4, -0.2) is 12.6 Å². The first-order chi connectivity index (χ1) is 11.9. The molecule has 142 valence electrons. The molecule has 2 N–H and O–H groups in total. The summed E-state index contributed by atoms with van der Waals surface area (Å²) in [6.45, 7) is 1.19. The van der Waals surface area contributed by atoms with Crippen molar-refractivity contribution in [3.8, 4) is 0 Å². The average molecular weight is 337 g/mol. The van der Waals surface area contributed by atoms with Crippen LogP contribution in [-0.2, 0) is 0 Å². The van der Waals surface area contributed by atoms with Gasteiger partial charge in [0, 0.05) is 12.6 Å². The Balaban J connectivity index is 1.63. The monoisotopic (exact) mass is 336 g/mol. The lowest BCUT2D eigenvalue weighted by Crippen LogP contribution is -2.43. The van der Waals surface area contributed by atoms with Crippen molar-refractivity contribution in [3.05, 3.63) is 0 Å². The van der Waals surface area contributed by atoms with Gasteiger partial charge in [0.05, 0.1) is 0 Å². The molecular weight excluding hydrogens is 292 g/mol. The summed E-state index contributed by atoms with van der Waals surface area (Å²) >= 11 is 0. The molecule has 2 aliphatic rings. The van der Waals surface area contributed by atoms with Crippen molar-refractivity contribution in [2.24, 2.45) is 5.92 Å². The van der Waals surface area contributed by atoms with Crippen LogP contribution in [0.4, 0.5) is 0 Å². The smallest absolute Gasteiger partial charge is 0.0212 e. The molecule has 0 radical (unpaired) electrons. The van der Waals surface area contributed by atoms with Gasteiger partial charge >= 0.3 is 0 Å². The van der Waals surface area contributed by atoms with Crippen LogP contribution in [0.2, 0.25) is 0 Å². The summed E-state index contributed by atoms with van der Waals surface area (Å²) in [5.41, 5.74) is 7.38. The van der Waals surface area contributed by atoms with E-state index < -0.39 is 0 Å². The molecule has 0 amide bonds. The second kappa shape index (κ2) is 14.1. The predicted octanol–water partition coefficient (Wildman–Crippen LogP) is 6.50. The number of hydrogen-bond acceptors (Lipinski definition) is 2. The van der Waals surface area contributed by atoms with Crippen molar-refractivity contribution < 1.29 is 0 Å². The third-order valence-electron chi connectivity index (χ3n) is 6.28. The lowest BCUT2D eigenvalue weighted by atomic mass is 9.92. The first kappa shape index (κ1) is 20.2. The molecule has 0 aliphatic heterocycles. The lowest BCUT2D eigenvalue weighted by molar-refractivity contribution is 0.314. The van der Waals surface area contributed by atoms with Crippen LogP contribution in [0.25, 0.3) is 0 Å². The maximum Gasteiger partial charge on any atom is 0.0212 e. The van der Waals surface area contributed by atoms with E-state index in [0.29, 0.717) is 6.04 Å². The van der Waals surface area contributed by atoms with Gasteiger partial charge in [0.25, 0.3) is 0 Å². The first-order valence-corrected chi connectivity index (χ1v) is 11.4. The van der Waals surface area contributed by atoms with Crippen LogP contribution >= 0.6 is 0 Å². The summed E-state index contributed by atoms with van der Waals surface area (Å²) in [5, 5.41) is 0. The van der Waals surface area contributed by atoms with Gasteiger partial charge in [-0.1, -0.05) is 96.3 Å². The normalized spacial score (nSPS) is 25.0. The Morgan fingerprint density at radius 3 is 1.29 bits per heavy atom.